The molecule has 0 aromatic heterocycles. The summed E-state index contributed by atoms with van der Waals surface area (Å²) < 4.78 is 0. The Bertz CT molecular complexity index is 333. The highest BCUT2D eigenvalue weighted by Gasteiger charge is 2.48. The third-order valence-electron chi connectivity index (χ3n) is 4.08. The van der Waals surface area contributed by atoms with Crippen molar-refractivity contribution in [2.75, 3.05) is 13.1 Å². The second kappa shape index (κ2) is 4.22. The molecular weight excluding hydrogens is 224 g/mol. The van der Waals surface area contributed by atoms with Crippen molar-refractivity contribution in [3.8, 4) is 0 Å². The van der Waals surface area contributed by atoms with Gasteiger partial charge in [0, 0.05) is 24.7 Å². The monoisotopic (exact) mass is 252 g/mol. The molecule has 1 heterocycles. The van der Waals surface area contributed by atoms with E-state index in [4.69, 9.17) is 0 Å². The van der Waals surface area contributed by atoms with Gasteiger partial charge in [-0.1, -0.05) is 20.8 Å². The van der Waals surface area contributed by atoms with Crippen LogP contribution in [-0.4, -0.2) is 46.4 Å². The van der Waals surface area contributed by atoms with Gasteiger partial charge in [-0.3, -0.25) is 9.69 Å². The molecule has 0 N–H and O–H groups in total. The first kappa shape index (κ1) is 13.9. The van der Waals surface area contributed by atoms with Gasteiger partial charge in [-0.25, -0.2) is 0 Å². The Morgan fingerprint density at radius 1 is 1.00 bits per heavy atom. The first-order valence-corrected chi connectivity index (χ1v) is 7.19. The zero-order valence-corrected chi connectivity index (χ0v) is 12.8. The molecular formula is C15H28N2O. The van der Waals surface area contributed by atoms with Gasteiger partial charge in [0.1, 0.15) is 0 Å². The Labute approximate surface area is 112 Å². The summed E-state index contributed by atoms with van der Waals surface area (Å²) in [7, 11) is 0. The SMILES string of the molecule is CC(C)(C)[C@@H]1C(=O)N(C2CC2)CCN1C(C)(C)C. The molecule has 18 heavy (non-hydrogen) atoms. The summed E-state index contributed by atoms with van der Waals surface area (Å²) in [6, 6.07) is 0.566. The fourth-order valence-corrected chi connectivity index (χ4v) is 3.05. The number of carbonyl (C=O) groups is 1. The van der Waals surface area contributed by atoms with Gasteiger partial charge in [0.25, 0.3) is 0 Å². The Morgan fingerprint density at radius 3 is 1.94 bits per heavy atom. The summed E-state index contributed by atoms with van der Waals surface area (Å²) in [4.78, 5) is 17.3. The zero-order chi connectivity index (χ0) is 13.7. The second-order valence-corrected chi connectivity index (χ2v) is 7.90. The lowest BCUT2D eigenvalue weighted by Gasteiger charge is -2.51. The van der Waals surface area contributed by atoms with E-state index in [0.717, 1.165) is 13.1 Å². The standard InChI is InChI=1S/C15H28N2O/c1-14(2,3)12-13(18)16(11-7-8-11)9-10-17(12)15(4,5)6/h11-12H,7-10H2,1-6H3/t12-/m0/s1. The maximum Gasteiger partial charge on any atom is 0.240 e. The van der Waals surface area contributed by atoms with Gasteiger partial charge in [-0.15, -0.1) is 0 Å². The number of amides is 1. The van der Waals surface area contributed by atoms with Gasteiger partial charge in [0.2, 0.25) is 5.91 Å². The molecule has 0 aromatic rings. The van der Waals surface area contributed by atoms with E-state index in [-0.39, 0.29) is 17.0 Å². The molecule has 1 aliphatic carbocycles. The maximum absolute atomic E-state index is 12.8. The summed E-state index contributed by atoms with van der Waals surface area (Å²) in [6.45, 7) is 15.1. The minimum absolute atomic E-state index is 0.00206. The highest BCUT2D eigenvalue weighted by atomic mass is 16.2. The fraction of sp³-hybridized carbons (Fsp3) is 0.933. The third-order valence-corrected chi connectivity index (χ3v) is 4.08. The van der Waals surface area contributed by atoms with Crippen LogP contribution in [0.3, 0.4) is 0 Å². The minimum atomic E-state index is -0.00206. The van der Waals surface area contributed by atoms with Crippen molar-refractivity contribution in [2.24, 2.45) is 5.41 Å². The Hall–Kier alpha value is -0.570. The van der Waals surface area contributed by atoms with Crippen LogP contribution in [0.25, 0.3) is 0 Å². The van der Waals surface area contributed by atoms with Gasteiger partial charge >= 0.3 is 0 Å². The fourth-order valence-electron chi connectivity index (χ4n) is 3.05. The van der Waals surface area contributed by atoms with Crippen molar-refractivity contribution in [1.82, 2.24) is 9.80 Å². The summed E-state index contributed by atoms with van der Waals surface area (Å²) >= 11 is 0. The number of nitrogens with zero attached hydrogens (tertiary/aromatic N) is 2. The molecule has 0 bridgehead atoms. The highest BCUT2D eigenvalue weighted by molar-refractivity contribution is 5.84. The van der Waals surface area contributed by atoms with Crippen LogP contribution in [-0.2, 0) is 4.79 Å². The smallest absolute Gasteiger partial charge is 0.240 e. The van der Waals surface area contributed by atoms with E-state index in [1.54, 1.807) is 0 Å². The van der Waals surface area contributed by atoms with E-state index in [2.05, 4.69) is 51.3 Å². The van der Waals surface area contributed by atoms with Crippen LogP contribution in [0.15, 0.2) is 0 Å². The average molecular weight is 252 g/mol. The number of rotatable bonds is 1. The molecule has 104 valence electrons. The van der Waals surface area contributed by atoms with Gasteiger partial charge in [0.15, 0.2) is 0 Å². The number of carbonyl (C=O) groups excluding carboxylic acids is 1. The lowest BCUT2D eigenvalue weighted by Crippen LogP contribution is -2.66. The summed E-state index contributed by atoms with van der Waals surface area (Å²) in [6.07, 6.45) is 2.41. The highest BCUT2D eigenvalue weighted by Crippen LogP contribution is 2.37. The summed E-state index contributed by atoms with van der Waals surface area (Å²) in [5.74, 6) is 0.353. The van der Waals surface area contributed by atoms with Crippen molar-refractivity contribution >= 4 is 5.91 Å². The molecule has 2 aliphatic rings. The molecule has 3 heteroatoms. The Balaban J connectivity index is 2.26. The molecule has 1 amide bonds. The van der Waals surface area contributed by atoms with Crippen LogP contribution < -0.4 is 0 Å². The van der Waals surface area contributed by atoms with E-state index in [9.17, 15) is 4.79 Å². The first-order valence-electron chi connectivity index (χ1n) is 7.19. The molecule has 1 saturated heterocycles. The molecule has 2 fully saturated rings. The largest absolute Gasteiger partial charge is 0.337 e. The number of hydrogen-bond acceptors (Lipinski definition) is 2. The minimum Gasteiger partial charge on any atom is -0.337 e. The van der Waals surface area contributed by atoms with Crippen LogP contribution in [0.4, 0.5) is 0 Å². The van der Waals surface area contributed by atoms with Crippen molar-refractivity contribution in [3.05, 3.63) is 0 Å². The third kappa shape index (κ3) is 2.56. The molecule has 1 saturated carbocycles. The van der Waals surface area contributed by atoms with E-state index >= 15 is 0 Å². The summed E-state index contributed by atoms with van der Waals surface area (Å²) in [5.41, 5.74) is 0.0567. The molecule has 0 spiro atoms. The van der Waals surface area contributed by atoms with Gasteiger partial charge in [-0.2, -0.15) is 0 Å². The lowest BCUT2D eigenvalue weighted by atomic mass is 9.81. The van der Waals surface area contributed by atoms with Crippen LogP contribution in [0, 0.1) is 5.41 Å². The molecule has 0 radical (unpaired) electrons. The Morgan fingerprint density at radius 2 is 1.56 bits per heavy atom. The molecule has 0 unspecified atom stereocenters. The van der Waals surface area contributed by atoms with Crippen LogP contribution in [0.1, 0.15) is 54.4 Å². The Kier molecular flexibility index (Phi) is 3.25. The predicted molar refractivity (Wildman–Crippen MR) is 74.4 cm³/mol. The molecule has 0 aromatic carbocycles. The topological polar surface area (TPSA) is 23.6 Å². The molecule has 2 rings (SSSR count). The average Bonchev–Trinajstić information content (AvgIpc) is 2.96. The van der Waals surface area contributed by atoms with Crippen molar-refractivity contribution < 1.29 is 4.79 Å². The van der Waals surface area contributed by atoms with E-state index in [1.807, 2.05) is 0 Å². The maximum atomic E-state index is 12.8. The van der Waals surface area contributed by atoms with Gasteiger partial charge < -0.3 is 4.90 Å². The quantitative estimate of drug-likeness (QED) is 0.716. The number of hydrogen-bond donors (Lipinski definition) is 0. The van der Waals surface area contributed by atoms with Crippen molar-refractivity contribution in [3.63, 3.8) is 0 Å². The summed E-state index contributed by atoms with van der Waals surface area (Å²) in [5, 5.41) is 0. The zero-order valence-electron chi connectivity index (χ0n) is 12.8. The van der Waals surface area contributed by atoms with Gasteiger partial charge in [0.05, 0.1) is 6.04 Å². The van der Waals surface area contributed by atoms with Gasteiger partial charge in [-0.05, 0) is 39.0 Å². The lowest BCUT2D eigenvalue weighted by molar-refractivity contribution is -0.152. The first-order chi connectivity index (χ1) is 8.12. The van der Waals surface area contributed by atoms with E-state index in [0.29, 0.717) is 11.9 Å². The van der Waals surface area contributed by atoms with Crippen molar-refractivity contribution in [1.29, 1.82) is 0 Å². The van der Waals surface area contributed by atoms with Crippen LogP contribution in [0.5, 0.6) is 0 Å². The van der Waals surface area contributed by atoms with E-state index < -0.39 is 0 Å². The van der Waals surface area contributed by atoms with E-state index in [1.165, 1.54) is 12.8 Å². The van der Waals surface area contributed by atoms with Crippen LogP contribution in [0.2, 0.25) is 0 Å². The number of piperazine rings is 1. The normalized spacial score (nSPS) is 27.8. The van der Waals surface area contributed by atoms with Crippen molar-refractivity contribution in [2.45, 2.75) is 72.0 Å². The second-order valence-electron chi connectivity index (χ2n) is 7.90. The van der Waals surface area contributed by atoms with Crippen LogP contribution >= 0.6 is 0 Å². The molecule has 1 aliphatic heterocycles. The predicted octanol–water partition coefficient (Wildman–Crippen LogP) is 2.51. The molecule has 1 atom stereocenters. The molecule has 3 nitrogen and oxygen atoms in total.